The number of ether oxygens (including phenoxy) is 1. The Labute approximate surface area is 130 Å². The summed E-state index contributed by atoms with van der Waals surface area (Å²) >= 11 is 1.74. The number of hydrogen-bond acceptors (Lipinski definition) is 4. The predicted molar refractivity (Wildman–Crippen MR) is 84.6 cm³/mol. The molecule has 0 radical (unpaired) electrons. The third-order valence-electron chi connectivity index (χ3n) is 4.38. The maximum Gasteiger partial charge on any atom is 0.223 e. The van der Waals surface area contributed by atoms with Crippen LogP contribution in [-0.2, 0) is 16.0 Å². The Morgan fingerprint density at radius 2 is 2.19 bits per heavy atom. The van der Waals surface area contributed by atoms with Crippen molar-refractivity contribution < 1.29 is 9.53 Å². The van der Waals surface area contributed by atoms with E-state index >= 15 is 0 Å². The molecule has 3 heterocycles. The standard InChI is InChI=1S/C16H24N2O2S/c19-16(6-5-15-4-2-12-21-15)18-9-7-17(8-10-18)13-14-3-1-11-20-14/h2,4,12,14H,1,3,5-11,13H2/t14-/m0/s1. The van der Waals surface area contributed by atoms with Crippen molar-refractivity contribution in [3.8, 4) is 0 Å². The summed E-state index contributed by atoms with van der Waals surface area (Å²) in [7, 11) is 0. The van der Waals surface area contributed by atoms with Gasteiger partial charge in [0.25, 0.3) is 0 Å². The molecule has 2 saturated heterocycles. The van der Waals surface area contributed by atoms with E-state index in [4.69, 9.17) is 4.74 Å². The molecule has 1 amide bonds. The van der Waals surface area contributed by atoms with Crippen molar-refractivity contribution in [2.45, 2.75) is 31.8 Å². The molecule has 116 valence electrons. The Bertz CT molecular complexity index is 435. The highest BCUT2D eigenvalue weighted by Gasteiger charge is 2.24. The number of rotatable bonds is 5. The quantitative estimate of drug-likeness (QED) is 0.834. The summed E-state index contributed by atoms with van der Waals surface area (Å²) in [6.07, 6.45) is 4.34. The Balaban J connectivity index is 1.37. The molecule has 2 aliphatic rings. The number of carbonyl (C=O) groups is 1. The van der Waals surface area contributed by atoms with Crippen molar-refractivity contribution in [2.75, 3.05) is 39.3 Å². The Morgan fingerprint density at radius 1 is 1.33 bits per heavy atom. The van der Waals surface area contributed by atoms with Gasteiger partial charge in [-0.3, -0.25) is 9.69 Å². The molecule has 1 atom stereocenters. The molecule has 5 heteroatoms. The summed E-state index contributed by atoms with van der Waals surface area (Å²) in [6, 6.07) is 4.16. The SMILES string of the molecule is O=C(CCc1cccs1)N1CCN(C[C@@H]2CCCO2)CC1. The number of piperazine rings is 1. The smallest absolute Gasteiger partial charge is 0.223 e. The fourth-order valence-electron chi connectivity index (χ4n) is 3.10. The van der Waals surface area contributed by atoms with Crippen LogP contribution in [0.1, 0.15) is 24.1 Å². The molecule has 3 rings (SSSR count). The van der Waals surface area contributed by atoms with E-state index in [0.29, 0.717) is 18.4 Å². The van der Waals surface area contributed by atoms with Crippen molar-refractivity contribution in [3.05, 3.63) is 22.4 Å². The monoisotopic (exact) mass is 308 g/mol. The number of amides is 1. The van der Waals surface area contributed by atoms with Crippen LogP contribution < -0.4 is 0 Å². The first-order chi connectivity index (χ1) is 10.3. The van der Waals surface area contributed by atoms with Crippen LogP contribution in [0.2, 0.25) is 0 Å². The van der Waals surface area contributed by atoms with Crippen LogP contribution in [0.3, 0.4) is 0 Å². The maximum absolute atomic E-state index is 12.2. The Hall–Kier alpha value is -0.910. The zero-order chi connectivity index (χ0) is 14.5. The highest BCUT2D eigenvalue weighted by molar-refractivity contribution is 7.09. The molecule has 1 aromatic rings. The van der Waals surface area contributed by atoms with E-state index < -0.39 is 0 Å². The van der Waals surface area contributed by atoms with E-state index in [1.807, 2.05) is 11.0 Å². The third kappa shape index (κ3) is 4.28. The minimum Gasteiger partial charge on any atom is -0.377 e. The van der Waals surface area contributed by atoms with Crippen LogP contribution in [0.25, 0.3) is 0 Å². The van der Waals surface area contributed by atoms with Crippen LogP contribution in [-0.4, -0.2) is 61.1 Å². The third-order valence-corrected chi connectivity index (χ3v) is 5.31. The lowest BCUT2D eigenvalue weighted by molar-refractivity contribution is -0.133. The summed E-state index contributed by atoms with van der Waals surface area (Å²) < 4.78 is 5.69. The summed E-state index contributed by atoms with van der Waals surface area (Å²) in [4.78, 5) is 18.0. The van der Waals surface area contributed by atoms with Gasteiger partial charge >= 0.3 is 0 Å². The fraction of sp³-hybridized carbons (Fsp3) is 0.688. The van der Waals surface area contributed by atoms with Crippen molar-refractivity contribution in [1.82, 2.24) is 9.80 Å². The average molecular weight is 308 g/mol. The first-order valence-corrected chi connectivity index (χ1v) is 8.83. The minimum atomic E-state index is 0.306. The van der Waals surface area contributed by atoms with Crippen LogP contribution in [0, 0.1) is 0 Å². The van der Waals surface area contributed by atoms with Crippen molar-refractivity contribution in [1.29, 1.82) is 0 Å². The van der Waals surface area contributed by atoms with Gasteiger partial charge in [0.1, 0.15) is 0 Å². The predicted octanol–water partition coefficient (Wildman–Crippen LogP) is 2.00. The van der Waals surface area contributed by atoms with Gasteiger partial charge in [-0.2, -0.15) is 0 Å². The fourth-order valence-corrected chi connectivity index (χ4v) is 3.81. The number of carbonyl (C=O) groups excluding carboxylic acids is 1. The molecular weight excluding hydrogens is 284 g/mol. The lowest BCUT2D eigenvalue weighted by Gasteiger charge is -2.35. The molecular formula is C16H24N2O2S. The first kappa shape index (κ1) is 15.0. The second-order valence-electron chi connectivity index (χ2n) is 5.90. The summed E-state index contributed by atoms with van der Waals surface area (Å²) in [6.45, 7) is 5.68. The van der Waals surface area contributed by atoms with E-state index in [9.17, 15) is 4.79 Å². The van der Waals surface area contributed by atoms with Crippen LogP contribution in [0.4, 0.5) is 0 Å². The van der Waals surface area contributed by atoms with Crippen molar-refractivity contribution in [2.24, 2.45) is 0 Å². The zero-order valence-electron chi connectivity index (χ0n) is 12.5. The first-order valence-electron chi connectivity index (χ1n) is 7.95. The second-order valence-corrected chi connectivity index (χ2v) is 6.93. The second kappa shape index (κ2) is 7.38. The molecule has 4 nitrogen and oxygen atoms in total. The maximum atomic E-state index is 12.2. The number of thiophene rings is 1. The van der Waals surface area contributed by atoms with Crippen LogP contribution >= 0.6 is 11.3 Å². The van der Waals surface area contributed by atoms with Crippen molar-refractivity contribution >= 4 is 17.2 Å². The zero-order valence-corrected chi connectivity index (χ0v) is 13.3. The van der Waals surface area contributed by atoms with Gasteiger partial charge in [-0.1, -0.05) is 6.07 Å². The Morgan fingerprint density at radius 3 is 2.86 bits per heavy atom. The van der Waals surface area contributed by atoms with Gasteiger partial charge in [0.05, 0.1) is 6.10 Å². The molecule has 1 aromatic heterocycles. The van der Waals surface area contributed by atoms with Gasteiger partial charge in [0, 0.05) is 50.6 Å². The van der Waals surface area contributed by atoms with Gasteiger partial charge in [-0.05, 0) is 30.7 Å². The lowest BCUT2D eigenvalue weighted by Crippen LogP contribution is -2.50. The summed E-state index contributed by atoms with van der Waals surface area (Å²) in [5, 5.41) is 2.07. The number of nitrogens with zero attached hydrogens (tertiary/aromatic N) is 2. The molecule has 21 heavy (non-hydrogen) atoms. The van der Waals surface area contributed by atoms with Crippen LogP contribution in [0.5, 0.6) is 0 Å². The minimum absolute atomic E-state index is 0.306. The van der Waals surface area contributed by atoms with E-state index in [-0.39, 0.29) is 0 Å². The highest BCUT2D eigenvalue weighted by Crippen LogP contribution is 2.15. The largest absolute Gasteiger partial charge is 0.377 e. The van der Waals surface area contributed by atoms with Gasteiger partial charge in [-0.25, -0.2) is 0 Å². The molecule has 2 aliphatic heterocycles. The van der Waals surface area contributed by atoms with Gasteiger partial charge in [0.15, 0.2) is 0 Å². The summed E-state index contributed by atoms with van der Waals surface area (Å²) in [5.74, 6) is 0.306. The molecule has 0 spiro atoms. The molecule has 0 aliphatic carbocycles. The van der Waals surface area contributed by atoms with Gasteiger partial charge in [-0.15, -0.1) is 11.3 Å². The highest BCUT2D eigenvalue weighted by atomic mass is 32.1. The molecule has 0 saturated carbocycles. The molecule has 0 bridgehead atoms. The molecule has 2 fully saturated rings. The van der Waals surface area contributed by atoms with Crippen molar-refractivity contribution in [3.63, 3.8) is 0 Å². The molecule has 0 aromatic carbocycles. The average Bonchev–Trinajstić information content (AvgIpc) is 3.19. The summed E-state index contributed by atoms with van der Waals surface area (Å²) in [5.41, 5.74) is 0. The van der Waals surface area contributed by atoms with Crippen LogP contribution in [0.15, 0.2) is 17.5 Å². The number of hydrogen-bond donors (Lipinski definition) is 0. The van der Waals surface area contributed by atoms with E-state index in [1.54, 1.807) is 11.3 Å². The topological polar surface area (TPSA) is 32.8 Å². The number of aryl methyl sites for hydroxylation is 1. The molecule has 0 N–H and O–H groups in total. The van der Waals surface area contributed by atoms with E-state index in [1.165, 1.54) is 17.7 Å². The molecule has 0 unspecified atom stereocenters. The van der Waals surface area contributed by atoms with Gasteiger partial charge < -0.3 is 9.64 Å². The van der Waals surface area contributed by atoms with E-state index in [0.717, 1.165) is 45.8 Å². The normalized spacial score (nSPS) is 23.6. The Kier molecular flexibility index (Phi) is 5.27. The van der Waals surface area contributed by atoms with E-state index in [2.05, 4.69) is 16.3 Å². The lowest BCUT2D eigenvalue weighted by atomic mass is 10.2. The van der Waals surface area contributed by atoms with Gasteiger partial charge in [0.2, 0.25) is 5.91 Å².